The fourth-order valence-corrected chi connectivity index (χ4v) is 3.44. The highest BCUT2D eigenvalue weighted by Gasteiger charge is 2.42. The monoisotopic (exact) mass is 278 g/mol. The minimum atomic E-state index is -0.242. The molecule has 110 valence electrons. The molecule has 2 heterocycles. The molecule has 0 aromatic heterocycles. The zero-order valence-electron chi connectivity index (χ0n) is 12.2. The third kappa shape index (κ3) is 2.42. The van der Waals surface area contributed by atoms with E-state index in [0.717, 1.165) is 43.7 Å². The number of hydrogen-bond acceptors (Lipinski definition) is 3. The Kier molecular flexibility index (Phi) is 3.46. The fourth-order valence-electron chi connectivity index (χ4n) is 3.44. The van der Waals surface area contributed by atoms with E-state index < -0.39 is 0 Å². The van der Waals surface area contributed by atoms with Gasteiger partial charge in [-0.2, -0.15) is 0 Å². The molecule has 2 aliphatic rings. The lowest BCUT2D eigenvalue weighted by atomic mass is 9.80. The molecule has 1 atom stereocenters. The number of piperidine rings is 1. The summed E-state index contributed by atoms with van der Waals surface area (Å²) in [4.78, 5) is 2.47. The Morgan fingerprint density at radius 3 is 2.70 bits per heavy atom. The predicted molar refractivity (Wildman–Crippen MR) is 77.2 cm³/mol. The van der Waals surface area contributed by atoms with E-state index in [4.69, 9.17) is 10.5 Å². The molecular weight excluding hydrogens is 255 g/mol. The van der Waals surface area contributed by atoms with Crippen molar-refractivity contribution in [2.45, 2.75) is 50.8 Å². The number of halogens is 1. The number of rotatable bonds is 1. The van der Waals surface area contributed by atoms with Crippen molar-refractivity contribution in [2.24, 2.45) is 5.73 Å². The minimum absolute atomic E-state index is 0.125. The lowest BCUT2D eigenvalue weighted by Crippen LogP contribution is -2.52. The summed E-state index contributed by atoms with van der Waals surface area (Å²) >= 11 is 0. The van der Waals surface area contributed by atoms with Crippen LogP contribution in [0, 0.1) is 5.82 Å². The summed E-state index contributed by atoms with van der Waals surface area (Å²) < 4.78 is 19.6. The van der Waals surface area contributed by atoms with Gasteiger partial charge in [0.15, 0.2) is 0 Å². The number of benzene rings is 1. The zero-order chi connectivity index (χ0) is 14.3. The summed E-state index contributed by atoms with van der Waals surface area (Å²) in [5.74, 6) is 0.525. The van der Waals surface area contributed by atoms with E-state index in [1.165, 1.54) is 12.1 Å². The van der Waals surface area contributed by atoms with Gasteiger partial charge in [-0.05, 0) is 44.9 Å². The number of fused-ring (bicyclic) bond motifs is 1. The van der Waals surface area contributed by atoms with E-state index in [1.807, 2.05) is 0 Å². The molecule has 0 unspecified atom stereocenters. The number of likely N-dealkylation sites (tertiary alicyclic amines) is 1. The van der Waals surface area contributed by atoms with Gasteiger partial charge in [0, 0.05) is 37.2 Å². The van der Waals surface area contributed by atoms with Gasteiger partial charge < -0.3 is 15.4 Å². The zero-order valence-corrected chi connectivity index (χ0v) is 12.2. The Morgan fingerprint density at radius 1 is 1.35 bits per heavy atom. The maximum absolute atomic E-state index is 13.3. The van der Waals surface area contributed by atoms with Crippen molar-refractivity contribution < 1.29 is 9.13 Å². The largest absolute Gasteiger partial charge is 0.487 e. The Labute approximate surface area is 119 Å². The summed E-state index contributed by atoms with van der Waals surface area (Å²) in [6, 6.07) is 5.13. The van der Waals surface area contributed by atoms with Crippen LogP contribution in [-0.4, -0.2) is 29.6 Å². The number of hydrogen-bond donors (Lipinski definition) is 1. The van der Waals surface area contributed by atoms with Gasteiger partial charge in [-0.15, -0.1) is 0 Å². The van der Waals surface area contributed by atoms with Gasteiger partial charge in [0.25, 0.3) is 0 Å². The summed E-state index contributed by atoms with van der Waals surface area (Å²) in [5, 5.41) is 0. The molecule has 1 fully saturated rings. The second-order valence-electron chi connectivity index (χ2n) is 6.41. The molecule has 1 saturated heterocycles. The molecule has 1 aromatic rings. The van der Waals surface area contributed by atoms with E-state index in [9.17, 15) is 4.39 Å². The van der Waals surface area contributed by atoms with Crippen LogP contribution in [0.3, 0.4) is 0 Å². The third-order valence-corrected chi connectivity index (χ3v) is 4.73. The topological polar surface area (TPSA) is 38.5 Å². The van der Waals surface area contributed by atoms with Gasteiger partial charge in [-0.1, -0.05) is 0 Å². The van der Waals surface area contributed by atoms with Crippen molar-refractivity contribution in [2.75, 3.05) is 13.1 Å². The summed E-state index contributed by atoms with van der Waals surface area (Å²) in [5.41, 5.74) is 6.91. The van der Waals surface area contributed by atoms with E-state index in [2.05, 4.69) is 18.7 Å². The Bertz CT molecular complexity index is 495. The van der Waals surface area contributed by atoms with E-state index in [0.29, 0.717) is 6.04 Å². The van der Waals surface area contributed by atoms with Crippen LogP contribution < -0.4 is 10.5 Å². The van der Waals surface area contributed by atoms with Crippen molar-refractivity contribution in [3.63, 3.8) is 0 Å². The van der Waals surface area contributed by atoms with E-state index >= 15 is 0 Å². The van der Waals surface area contributed by atoms with E-state index in [-0.39, 0.29) is 17.5 Å². The minimum Gasteiger partial charge on any atom is -0.487 e. The van der Waals surface area contributed by atoms with Crippen LogP contribution in [0.5, 0.6) is 5.75 Å². The van der Waals surface area contributed by atoms with Crippen LogP contribution in [0.4, 0.5) is 4.39 Å². The highest BCUT2D eigenvalue weighted by atomic mass is 19.1. The van der Waals surface area contributed by atoms with Crippen LogP contribution >= 0.6 is 0 Å². The molecule has 2 N–H and O–H groups in total. The summed E-state index contributed by atoms with van der Waals surface area (Å²) in [6.07, 6.45) is 2.78. The smallest absolute Gasteiger partial charge is 0.125 e. The summed E-state index contributed by atoms with van der Waals surface area (Å²) in [7, 11) is 0. The molecule has 1 spiro atoms. The van der Waals surface area contributed by atoms with Gasteiger partial charge >= 0.3 is 0 Å². The van der Waals surface area contributed by atoms with Crippen LogP contribution in [0.2, 0.25) is 0 Å². The molecule has 0 aliphatic carbocycles. The molecule has 0 radical (unpaired) electrons. The average Bonchev–Trinajstić information content (AvgIpc) is 2.40. The standard InChI is InChI=1S/C16H23FN2O/c1-11(2)19-7-5-16(6-8-19)10-14(18)13-9-12(17)3-4-15(13)20-16/h3-4,9,11,14H,5-8,10,18H2,1-2H3/t14-/m0/s1. The highest BCUT2D eigenvalue weighted by molar-refractivity contribution is 5.39. The molecule has 1 aromatic carbocycles. The first-order valence-electron chi connectivity index (χ1n) is 7.47. The Hall–Kier alpha value is -1.13. The van der Waals surface area contributed by atoms with Gasteiger partial charge in [-0.3, -0.25) is 0 Å². The molecule has 20 heavy (non-hydrogen) atoms. The molecule has 3 nitrogen and oxygen atoms in total. The SMILES string of the molecule is CC(C)N1CCC2(CC1)C[C@H](N)c1cc(F)ccc1O2. The first-order valence-corrected chi connectivity index (χ1v) is 7.47. The number of nitrogens with two attached hydrogens (primary N) is 1. The average molecular weight is 278 g/mol. The molecule has 3 rings (SSSR count). The maximum Gasteiger partial charge on any atom is 0.125 e. The third-order valence-electron chi connectivity index (χ3n) is 4.73. The van der Waals surface area contributed by atoms with E-state index in [1.54, 1.807) is 6.07 Å². The lowest BCUT2D eigenvalue weighted by molar-refractivity contribution is -0.0280. The lowest BCUT2D eigenvalue weighted by Gasteiger charge is -2.47. The number of nitrogens with zero attached hydrogens (tertiary/aromatic N) is 1. The molecule has 2 aliphatic heterocycles. The summed E-state index contributed by atoms with van der Waals surface area (Å²) in [6.45, 7) is 6.54. The molecule has 0 amide bonds. The second-order valence-corrected chi connectivity index (χ2v) is 6.41. The quantitative estimate of drug-likeness (QED) is 0.858. The van der Waals surface area contributed by atoms with Crippen molar-refractivity contribution in [3.05, 3.63) is 29.6 Å². The van der Waals surface area contributed by atoms with Crippen molar-refractivity contribution in [1.29, 1.82) is 0 Å². The predicted octanol–water partition coefficient (Wildman–Crippen LogP) is 2.85. The van der Waals surface area contributed by atoms with Crippen molar-refractivity contribution >= 4 is 0 Å². The fraction of sp³-hybridized carbons (Fsp3) is 0.625. The molecule has 0 saturated carbocycles. The van der Waals surface area contributed by atoms with Gasteiger partial charge in [0.2, 0.25) is 0 Å². The molecular formula is C16H23FN2O. The van der Waals surface area contributed by atoms with Crippen LogP contribution in [0.25, 0.3) is 0 Å². The van der Waals surface area contributed by atoms with Crippen molar-refractivity contribution in [1.82, 2.24) is 4.90 Å². The normalized spacial score (nSPS) is 25.6. The molecule has 4 heteroatoms. The van der Waals surface area contributed by atoms with Crippen LogP contribution in [0.15, 0.2) is 18.2 Å². The van der Waals surface area contributed by atoms with Crippen molar-refractivity contribution in [3.8, 4) is 5.75 Å². The second kappa shape index (κ2) is 5.01. The Balaban J connectivity index is 1.80. The van der Waals surface area contributed by atoms with Gasteiger partial charge in [0.05, 0.1) is 0 Å². The van der Waals surface area contributed by atoms with Crippen LogP contribution in [0.1, 0.15) is 44.7 Å². The van der Waals surface area contributed by atoms with Crippen LogP contribution in [-0.2, 0) is 0 Å². The highest BCUT2D eigenvalue weighted by Crippen LogP contribution is 2.43. The molecule has 0 bridgehead atoms. The first-order chi connectivity index (χ1) is 9.49. The van der Waals surface area contributed by atoms with Gasteiger partial charge in [0.1, 0.15) is 17.2 Å². The first kappa shape index (κ1) is 13.8. The maximum atomic E-state index is 13.3. The Morgan fingerprint density at radius 2 is 2.05 bits per heavy atom. The number of ether oxygens (including phenoxy) is 1. The van der Waals surface area contributed by atoms with Gasteiger partial charge in [-0.25, -0.2) is 4.39 Å².